The van der Waals surface area contributed by atoms with Crippen molar-refractivity contribution in [2.45, 2.75) is 20.4 Å². The van der Waals surface area contributed by atoms with Crippen LogP contribution in [-0.2, 0) is 11.3 Å². The van der Waals surface area contributed by atoms with Crippen LogP contribution in [0.1, 0.15) is 11.1 Å². The highest BCUT2D eigenvalue weighted by molar-refractivity contribution is 6.36. The fourth-order valence-corrected chi connectivity index (χ4v) is 3.34. The van der Waals surface area contributed by atoms with Crippen molar-refractivity contribution in [3.63, 3.8) is 0 Å². The molecule has 0 aliphatic rings. The molecule has 1 N–H and O–H groups in total. The molecule has 1 heterocycles. The van der Waals surface area contributed by atoms with Crippen LogP contribution in [0.15, 0.2) is 47.4 Å². The molecule has 0 aliphatic heterocycles. The molecule has 0 atom stereocenters. The first-order valence-electron chi connectivity index (χ1n) is 7.70. The summed E-state index contributed by atoms with van der Waals surface area (Å²) < 4.78 is 1.76. The second-order valence-corrected chi connectivity index (χ2v) is 6.80. The molecule has 0 fully saturated rings. The third kappa shape index (κ3) is 3.70. The molecule has 0 unspecified atom stereocenters. The van der Waals surface area contributed by atoms with E-state index in [1.54, 1.807) is 29.0 Å². The van der Waals surface area contributed by atoms with Crippen molar-refractivity contribution >= 4 is 45.7 Å². The molecule has 3 rings (SSSR count). The molecule has 128 valence electrons. The lowest BCUT2D eigenvalue weighted by atomic mass is 10.1. The maximum absolute atomic E-state index is 12.4. The lowest BCUT2D eigenvalue weighted by Crippen LogP contribution is -2.20. The van der Waals surface area contributed by atoms with Crippen LogP contribution in [0.4, 0.5) is 5.69 Å². The van der Waals surface area contributed by atoms with Crippen molar-refractivity contribution in [1.29, 1.82) is 0 Å². The predicted molar refractivity (Wildman–Crippen MR) is 103 cm³/mol. The van der Waals surface area contributed by atoms with Gasteiger partial charge in [-0.2, -0.15) is 0 Å². The number of halogens is 2. The normalized spacial score (nSPS) is 10.9. The Morgan fingerprint density at radius 2 is 1.88 bits per heavy atom. The van der Waals surface area contributed by atoms with Crippen LogP contribution in [0, 0.1) is 13.8 Å². The number of carbonyl (C=O) groups is 1. The van der Waals surface area contributed by atoms with Gasteiger partial charge in [0.15, 0.2) is 5.43 Å². The average molecular weight is 375 g/mol. The van der Waals surface area contributed by atoms with E-state index in [0.29, 0.717) is 21.1 Å². The van der Waals surface area contributed by atoms with Gasteiger partial charge >= 0.3 is 0 Å². The molecule has 2 aromatic carbocycles. The number of amides is 1. The van der Waals surface area contributed by atoms with E-state index in [1.807, 2.05) is 26.0 Å². The molecule has 0 saturated carbocycles. The minimum atomic E-state index is -0.242. The van der Waals surface area contributed by atoms with Crippen LogP contribution >= 0.6 is 23.2 Å². The number of carbonyl (C=O) groups excluding carboxylic acids is 1. The molecular formula is C19H16Cl2N2O2. The maximum atomic E-state index is 12.4. The molecule has 0 spiro atoms. The van der Waals surface area contributed by atoms with Gasteiger partial charge in [-0.15, -0.1) is 0 Å². The molecule has 0 saturated heterocycles. The second kappa shape index (κ2) is 6.90. The van der Waals surface area contributed by atoms with Gasteiger partial charge in [0.25, 0.3) is 0 Å². The van der Waals surface area contributed by atoms with Gasteiger partial charge in [0.1, 0.15) is 6.54 Å². The zero-order valence-electron chi connectivity index (χ0n) is 13.8. The van der Waals surface area contributed by atoms with E-state index in [1.165, 1.54) is 6.07 Å². The first kappa shape index (κ1) is 17.5. The van der Waals surface area contributed by atoms with Gasteiger partial charge in [0, 0.05) is 22.7 Å². The number of anilines is 1. The highest BCUT2D eigenvalue weighted by atomic mass is 35.5. The fourth-order valence-electron chi connectivity index (χ4n) is 2.89. The molecule has 0 aliphatic carbocycles. The lowest BCUT2D eigenvalue weighted by molar-refractivity contribution is -0.116. The summed E-state index contributed by atoms with van der Waals surface area (Å²) >= 11 is 11.9. The van der Waals surface area contributed by atoms with Crippen LogP contribution in [0.2, 0.25) is 10.0 Å². The monoisotopic (exact) mass is 374 g/mol. The van der Waals surface area contributed by atoms with Crippen LogP contribution in [-0.4, -0.2) is 10.5 Å². The molecule has 1 aromatic heterocycles. The van der Waals surface area contributed by atoms with Gasteiger partial charge in [-0.1, -0.05) is 29.3 Å². The van der Waals surface area contributed by atoms with Crippen LogP contribution in [0.3, 0.4) is 0 Å². The minimum Gasteiger partial charge on any atom is -0.338 e. The number of aromatic nitrogens is 1. The summed E-state index contributed by atoms with van der Waals surface area (Å²) in [5.41, 5.74) is 3.11. The highest BCUT2D eigenvalue weighted by Gasteiger charge is 2.11. The molecule has 6 heteroatoms. The summed E-state index contributed by atoms with van der Waals surface area (Å²) in [5.74, 6) is -0.242. The van der Waals surface area contributed by atoms with E-state index < -0.39 is 0 Å². The van der Waals surface area contributed by atoms with Crippen LogP contribution in [0.5, 0.6) is 0 Å². The summed E-state index contributed by atoms with van der Waals surface area (Å²) in [6.45, 7) is 3.93. The Morgan fingerprint density at radius 3 is 2.60 bits per heavy atom. The Morgan fingerprint density at radius 1 is 1.12 bits per heavy atom. The Bertz CT molecular complexity index is 1040. The number of aryl methyl sites for hydroxylation is 2. The standard InChI is InChI=1S/C19H16Cl2N2O2/c1-11-7-12(2)19-16(8-11)23(6-5-17(19)24)10-18(25)22-15-4-3-13(20)9-14(15)21/h3-9H,10H2,1-2H3,(H,22,25). The van der Waals surface area contributed by atoms with Gasteiger partial charge in [0.05, 0.1) is 16.2 Å². The molecule has 0 bridgehead atoms. The number of rotatable bonds is 3. The number of pyridine rings is 1. The molecule has 3 aromatic rings. The molecule has 1 amide bonds. The second-order valence-electron chi connectivity index (χ2n) is 5.96. The number of nitrogens with one attached hydrogen (secondary N) is 1. The fraction of sp³-hybridized carbons (Fsp3) is 0.158. The average Bonchev–Trinajstić information content (AvgIpc) is 2.52. The van der Waals surface area contributed by atoms with Crippen LogP contribution in [0.25, 0.3) is 10.9 Å². The van der Waals surface area contributed by atoms with Crippen LogP contribution < -0.4 is 10.7 Å². The summed E-state index contributed by atoms with van der Waals surface area (Å²) in [7, 11) is 0. The summed E-state index contributed by atoms with van der Waals surface area (Å²) in [6, 6.07) is 10.2. The van der Waals surface area contributed by atoms with Gasteiger partial charge in [-0.25, -0.2) is 0 Å². The molecular weight excluding hydrogens is 359 g/mol. The first-order chi connectivity index (χ1) is 11.8. The van der Waals surface area contributed by atoms with E-state index in [-0.39, 0.29) is 17.9 Å². The van der Waals surface area contributed by atoms with Crippen molar-refractivity contribution in [3.05, 3.63) is 74.0 Å². The Labute approximate surface area is 155 Å². The number of fused-ring (bicyclic) bond motifs is 1. The van der Waals surface area contributed by atoms with Crippen molar-refractivity contribution in [1.82, 2.24) is 4.57 Å². The van der Waals surface area contributed by atoms with E-state index in [9.17, 15) is 9.59 Å². The summed E-state index contributed by atoms with van der Waals surface area (Å²) in [6.07, 6.45) is 1.63. The number of hydrogen-bond acceptors (Lipinski definition) is 2. The summed E-state index contributed by atoms with van der Waals surface area (Å²) in [5, 5.41) is 4.27. The largest absolute Gasteiger partial charge is 0.338 e. The van der Waals surface area contributed by atoms with E-state index in [0.717, 1.165) is 16.6 Å². The Hall–Kier alpha value is -2.30. The third-order valence-corrected chi connectivity index (χ3v) is 4.49. The first-order valence-corrected chi connectivity index (χ1v) is 8.46. The molecule has 25 heavy (non-hydrogen) atoms. The maximum Gasteiger partial charge on any atom is 0.244 e. The van der Waals surface area contributed by atoms with Crippen molar-refractivity contribution < 1.29 is 4.79 Å². The smallest absolute Gasteiger partial charge is 0.244 e. The lowest BCUT2D eigenvalue weighted by Gasteiger charge is -2.13. The third-order valence-electron chi connectivity index (χ3n) is 3.94. The SMILES string of the molecule is Cc1cc(C)c2c(=O)ccn(CC(=O)Nc3ccc(Cl)cc3Cl)c2c1. The highest BCUT2D eigenvalue weighted by Crippen LogP contribution is 2.25. The zero-order valence-corrected chi connectivity index (χ0v) is 15.3. The van der Waals surface area contributed by atoms with E-state index in [4.69, 9.17) is 23.2 Å². The Kier molecular flexibility index (Phi) is 4.84. The van der Waals surface area contributed by atoms with E-state index >= 15 is 0 Å². The number of nitrogens with zero attached hydrogens (tertiary/aromatic N) is 1. The zero-order chi connectivity index (χ0) is 18.1. The minimum absolute atomic E-state index is 0.0510. The summed E-state index contributed by atoms with van der Waals surface area (Å²) in [4.78, 5) is 24.6. The number of hydrogen-bond donors (Lipinski definition) is 1. The molecule has 4 nitrogen and oxygen atoms in total. The van der Waals surface area contributed by atoms with Gasteiger partial charge in [-0.05, 0) is 49.2 Å². The molecule has 0 radical (unpaired) electrons. The van der Waals surface area contributed by atoms with Crippen molar-refractivity contribution in [3.8, 4) is 0 Å². The van der Waals surface area contributed by atoms with Gasteiger partial charge in [0.2, 0.25) is 5.91 Å². The Balaban J connectivity index is 1.94. The number of benzene rings is 2. The topological polar surface area (TPSA) is 51.1 Å². The van der Waals surface area contributed by atoms with Crippen molar-refractivity contribution in [2.75, 3.05) is 5.32 Å². The van der Waals surface area contributed by atoms with Crippen molar-refractivity contribution in [2.24, 2.45) is 0 Å². The van der Waals surface area contributed by atoms with Gasteiger partial charge < -0.3 is 9.88 Å². The quantitative estimate of drug-likeness (QED) is 0.730. The van der Waals surface area contributed by atoms with Gasteiger partial charge in [-0.3, -0.25) is 9.59 Å². The predicted octanol–water partition coefficient (Wildman–Crippen LogP) is 4.56. The van der Waals surface area contributed by atoms with E-state index in [2.05, 4.69) is 5.32 Å².